The SMILES string of the molecule is [O-][N+](CCCCCCCCCCCCCc1cccnc1)=NCCCCCCCCCCCCc1cccnc1. The van der Waals surface area contributed by atoms with Crippen molar-refractivity contribution < 1.29 is 4.86 Å². The van der Waals surface area contributed by atoms with Gasteiger partial charge < -0.3 is 5.21 Å². The van der Waals surface area contributed by atoms with Crippen LogP contribution < -0.4 is 0 Å². The Balaban J connectivity index is 1.23. The second kappa shape index (κ2) is 25.7. The molecule has 0 aliphatic carbocycles. The highest BCUT2D eigenvalue weighted by Gasteiger charge is 1.99. The molecule has 0 saturated heterocycles. The molecule has 0 bridgehead atoms. The number of nitrogens with zero attached hydrogens (tertiary/aromatic N) is 4. The smallest absolute Gasteiger partial charge is 0.180 e. The molecule has 0 aliphatic heterocycles. The van der Waals surface area contributed by atoms with E-state index in [4.69, 9.17) is 0 Å². The van der Waals surface area contributed by atoms with Crippen molar-refractivity contribution in [2.75, 3.05) is 13.1 Å². The van der Waals surface area contributed by atoms with E-state index in [9.17, 15) is 5.21 Å². The lowest BCUT2D eigenvalue weighted by Crippen LogP contribution is -2.04. The molecule has 5 nitrogen and oxygen atoms in total. The zero-order valence-corrected chi connectivity index (χ0v) is 25.5. The molecule has 0 aromatic carbocycles. The molecule has 224 valence electrons. The lowest BCUT2D eigenvalue weighted by atomic mass is 10.0. The normalized spacial score (nSPS) is 11.8. The standard InChI is InChI=1S/C35H58N4O/c40-39(31-21-17-13-9-5-1-2-6-10-14-18-24-34-26-22-28-36-32-34)38-30-20-16-12-8-4-3-7-11-15-19-25-35-27-23-29-37-33-35/h22-23,26-29,32-33H,1-21,24-25,30-31H2. The van der Waals surface area contributed by atoms with Crippen LogP contribution in [0.1, 0.15) is 146 Å². The van der Waals surface area contributed by atoms with Crippen LogP contribution in [0, 0.1) is 5.21 Å². The quantitative estimate of drug-likeness (QED) is 0.0481. The molecular weight excluding hydrogens is 492 g/mol. The van der Waals surface area contributed by atoms with Gasteiger partial charge in [0.05, 0.1) is 0 Å². The van der Waals surface area contributed by atoms with E-state index in [-0.39, 0.29) is 0 Å². The Morgan fingerprint density at radius 1 is 0.500 bits per heavy atom. The summed E-state index contributed by atoms with van der Waals surface area (Å²) in [4.78, 5) is 9.32. The van der Waals surface area contributed by atoms with Crippen LogP contribution in [0.2, 0.25) is 0 Å². The van der Waals surface area contributed by atoms with Gasteiger partial charge >= 0.3 is 0 Å². The molecule has 0 N–H and O–H groups in total. The molecule has 0 unspecified atom stereocenters. The summed E-state index contributed by atoms with van der Waals surface area (Å²) in [5.41, 5.74) is 2.73. The summed E-state index contributed by atoms with van der Waals surface area (Å²) in [7, 11) is 0. The second-order valence-electron chi connectivity index (χ2n) is 11.6. The van der Waals surface area contributed by atoms with E-state index < -0.39 is 0 Å². The highest BCUT2D eigenvalue weighted by Crippen LogP contribution is 2.14. The number of aromatic nitrogens is 2. The first kappa shape index (κ1) is 33.9. The Hall–Kier alpha value is -2.30. The number of hydroxylamine groups is 1. The van der Waals surface area contributed by atoms with Gasteiger partial charge in [-0.25, -0.2) is 0 Å². The van der Waals surface area contributed by atoms with Crippen LogP contribution in [0.3, 0.4) is 0 Å². The average Bonchev–Trinajstić information content (AvgIpc) is 2.99. The van der Waals surface area contributed by atoms with Gasteiger partial charge in [0.25, 0.3) is 0 Å². The third-order valence-electron chi connectivity index (χ3n) is 7.89. The van der Waals surface area contributed by atoms with Gasteiger partial charge in [-0.1, -0.05) is 120 Å². The minimum Gasteiger partial charge on any atom is -0.600 e. The Bertz CT molecular complexity index is 828. The summed E-state index contributed by atoms with van der Waals surface area (Å²) >= 11 is 0. The first-order valence-electron chi connectivity index (χ1n) is 16.7. The van der Waals surface area contributed by atoms with E-state index in [0.717, 1.165) is 37.0 Å². The average molecular weight is 551 g/mol. The molecule has 0 fully saturated rings. The summed E-state index contributed by atoms with van der Waals surface area (Å²) in [6.07, 6.45) is 37.0. The van der Waals surface area contributed by atoms with Crippen LogP contribution in [0.15, 0.2) is 54.2 Å². The fourth-order valence-corrected chi connectivity index (χ4v) is 5.37. The monoisotopic (exact) mass is 550 g/mol. The molecule has 2 rings (SSSR count). The number of rotatable bonds is 27. The largest absolute Gasteiger partial charge is 0.600 e. The van der Waals surface area contributed by atoms with Crippen molar-refractivity contribution in [1.82, 2.24) is 9.97 Å². The first-order chi connectivity index (χ1) is 19.8. The molecule has 2 aromatic heterocycles. The Morgan fingerprint density at radius 3 is 1.27 bits per heavy atom. The highest BCUT2D eigenvalue weighted by molar-refractivity contribution is 5.08. The van der Waals surface area contributed by atoms with E-state index in [2.05, 4.69) is 27.2 Å². The molecule has 0 saturated carbocycles. The van der Waals surface area contributed by atoms with Gasteiger partial charge in [-0.05, 0) is 66.9 Å². The van der Waals surface area contributed by atoms with E-state index in [1.165, 1.54) is 127 Å². The second-order valence-corrected chi connectivity index (χ2v) is 11.6. The molecule has 0 spiro atoms. The van der Waals surface area contributed by atoms with Crippen molar-refractivity contribution in [2.45, 2.75) is 148 Å². The summed E-state index contributed by atoms with van der Waals surface area (Å²) in [5, 5.41) is 16.1. The molecule has 5 heteroatoms. The van der Waals surface area contributed by atoms with E-state index >= 15 is 0 Å². The van der Waals surface area contributed by atoms with Gasteiger partial charge in [0, 0.05) is 31.2 Å². The van der Waals surface area contributed by atoms with Crippen molar-refractivity contribution >= 4 is 0 Å². The van der Waals surface area contributed by atoms with E-state index in [1.54, 1.807) is 0 Å². The van der Waals surface area contributed by atoms with E-state index in [1.807, 2.05) is 36.9 Å². The summed E-state index contributed by atoms with van der Waals surface area (Å²) < 4.78 is 0. The molecule has 0 radical (unpaired) electrons. The van der Waals surface area contributed by atoms with Crippen molar-refractivity contribution in [3.05, 3.63) is 65.4 Å². The number of aryl methyl sites for hydroxylation is 2. The topological polar surface area (TPSA) is 64.2 Å². The van der Waals surface area contributed by atoms with Gasteiger partial charge in [0.15, 0.2) is 6.54 Å². The number of unbranched alkanes of at least 4 members (excludes halogenated alkanes) is 19. The summed E-state index contributed by atoms with van der Waals surface area (Å²) in [6.45, 7) is 1.27. The maximum Gasteiger partial charge on any atom is 0.180 e. The van der Waals surface area contributed by atoms with Gasteiger partial charge in [-0.15, -0.1) is 0 Å². The van der Waals surface area contributed by atoms with Gasteiger partial charge in [0.2, 0.25) is 0 Å². The third-order valence-corrected chi connectivity index (χ3v) is 7.89. The third kappa shape index (κ3) is 20.6. The molecule has 2 aromatic rings. The lowest BCUT2D eigenvalue weighted by Gasteiger charge is -2.04. The minimum atomic E-state index is 0.571. The van der Waals surface area contributed by atoms with Crippen LogP contribution in [-0.4, -0.2) is 27.9 Å². The highest BCUT2D eigenvalue weighted by atomic mass is 16.5. The Morgan fingerprint density at radius 2 is 0.875 bits per heavy atom. The molecule has 0 amide bonds. The number of pyridine rings is 2. The molecule has 0 aliphatic rings. The summed E-state index contributed by atoms with van der Waals surface area (Å²) in [6, 6.07) is 8.41. The van der Waals surface area contributed by atoms with Gasteiger partial charge in [-0.3, -0.25) is 9.97 Å². The van der Waals surface area contributed by atoms with E-state index in [0.29, 0.717) is 13.1 Å². The van der Waals surface area contributed by atoms with Crippen LogP contribution in [0.5, 0.6) is 0 Å². The fourth-order valence-electron chi connectivity index (χ4n) is 5.37. The van der Waals surface area contributed by atoms with Crippen LogP contribution in [-0.2, 0) is 12.8 Å². The van der Waals surface area contributed by atoms with Crippen LogP contribution in [0.25, 0.3) is 0 Å². The van der Waals surface area contributed by atoms with Gasteiger partial charge in [-0.2, -0.15) is 0 Å². The van der Waals surface area contributed by atoms with Crippen LogP contribution in [0.4, 0.5) is 0 Å². The predicted molar refractivity (Wildman–Crippen MR) is 169 cm³/mol. The van der Waals surface area contributed by atoms with Crippen molar-refractivity contribution in [1.29, 1.82) is 0 Å². The number of hydrogen-bond donors (Lipinski definition) is 0. The molecule has 40 heavy (non-hydrogen) atoms. The number of azo groups is 1. The first-order valence-corrected chi connectivity index (χ1v) is 16.7. The maximum absolute atomic E-state index is 11.9. The summed E-state index contributed by atoms with van der Waals surface area (Å²) in [5.74, 6) is 0. The lowest BCUT2D eigenvalue weighted by molar-refractivity contribution is -0.531. The zero-order valence-electron chi connectivity index (χ0n) is 25.5. The predicted octanol–water partition coefficient (Wildman–Crippen LogP) is 10.4. The minimum absolute atomic E-state index is 0.571. The number of hydrogen-bond acceptors (Lipinski definition) is 4. The Kier molecular flexibility index (Phi) is 21.7. The molecular formula is C35H58N4O. The maximum atomic E-state index is 11.9. The van der Waals surface area contributed by atoms with Crippen molar-refractivity contribution in [2.24, 2.45) is 5.11 Å². The van der Waals surface area contributed by atoms with Crippen molar-refractivity contribution in [3.8, 4) is 0 Å². The zero-order chi connectivity index (χ0) is 28.2. The molecule has 0 atom stereocenters. The molecule has 2 heterocycles. The fraction of sp³-hybridized carbons (Fsp3) is 0.714. The Labute approximate surface area is 245 Å². The van der Waals surface area contributed by atoms with Crippen molar-refractivity contribution in [3.63, 3.8) is 0 Å². The van der Waals surface area contributed by atoms with Crippen LogP contribution >= 0.6 is 0 Å². The van der Waals surface area contributed by atoms with Gasteiger partial charge in [0.1, 0.15) is 6.54 Å².